The first kappa shape index (κ1) is 21.5. The molecule has 3 aromatic rings. The zero-order chi connectivity index (χ0) is 21.1. The molecule has 0 unspecified atom stereocenters. The number of rotatable bonds is 6. The minimum Gasteiger partial charge on any atom is -0.493 e. The highest BCUT2D eigenvalue weighted by molar-refractivity contribution is 9.10. The van der Waals surface area contributed by atoms with Crippen LogP contribution in [0.4, 0.5) is 0 Å². The molecule has 0 spiro atoms. The zero-order valence-corrected chi connectivity index (χ0v) is 19.7. The van der Waals surface area contributed by atoms with Gasteiger partial charge in [0, 0.05) is 10.4 Å². The number of benzene rings is 2. The smallest absolute Gasteiger partial charge is 0.282 e. The number of halogens is 2. The molecule has 1 atom stereocenters. The second-order valence-electron chi connectivity index (χ2n) is 6.54. The monoisotopic (exact) mass is 521 g/mol. The topological polar surface area (TPSA) is 65.7 Å². The van der Waals surface area contributed by atoms with Crippen LogP contribution in [0.5, 0.6) is 11.5 Å². The summed E-state index contributed by atoms with van der Waals surface area (Å²) in [5.41, 5.74) is 1.21. The third kappa shape index (κ3) is 4.38. The maximum Gasteiger partial charge on any atom is 0.282 e. The summed E-state index contributed by atoms with van der Waals surface area (Å²) in [4.78, 5) is 17.9. The SMILES string of the molecule is CC[C@H](C)c1nc2ccc(Br)cc2c(=O)n1N=Cc1cc(Br)c(OC)c(OC)c1. The fraction of sp³-hybridized carbons (Fsp3) is 0.286. The van der Waals surface area contributed by atoms with E-state index in [9.17, 15) is 4.79 Å². The number of aromatic nitrogens is 2. The van der Waals surface area contributed by atoms with Crippen molar-refractivity contribution in [1.29, 1.82) is 0 Å². The third-order valence-corrected chi connectivity index (χ3v) is 5.75. The molecule has 6 nitrogen and oxygen atoms in total. The molecule has 3 rings (SSSR count). The summed E-state index contributed by atoms with van der Waals surface area (Å²) in [7, 11) is 3.15. The van der Waals surface area contributed by atoms with E-state index in [-0.39, 0.29) is 11.5 Å². The molecule has 29 heavy (non-hydrogen) atoms. The van der Waals surface area contributed by atoms with Crippen LogP contribution in [0.2, 0.25) is 0 Å². The standard InChI is InChI=1S/C21H21Br2N3O3/c1-5-12(2)20-25-17-7-6-14(22)10-15(17)21(27)26(20)24-11-13-8-16(23)19(29-4)18(9-13)28-3/h6-12H,5H2,1-4H3/t12-/m0/s1. The van der Waals surface area contributed by atoms with Gasteiger partial charge < -0.3 is 9.47 Å². The van der Waals surface area contributed by atoms with Crippen molar-refractivity contribution in [2.24, 2.45) is 5.10 Å². The van der Waals surface area contributed by atoms with Gasteiger partial charge in [0.05, 0.1) is 35.8 Å². The molecule has 0 bridgehead atoms. The number of nitrogens with zero attached hydrogens (tertiary/aromatic N) is 3. The average Bonchev–Trinajstić information content (AvgIpc) is 2.72. The predicted molar refractivity (Wildman–Crippen MR) is 123 cm³/mol. The van der Waals surface area contributed by atoms with Crippen molar-refractivity contribution in [3.63, 3.8) is 0 Å². The molecule has 1 aromatic heterocycles. The van der Waals surface area contributed by atoms with Gasteiger partial charge in [0.25, 0.3) is 5.56 Å². The molecular weight excluding hydrogens is 502 g/mol. The van der Waals surface area contributed by atoms with Gasteiger partial charge in [-0.15, -0.1) is 0 Å². The maximum atomic E-state index is 13.2. The van der Waals surface area contributed by atoms with Gasteiger partial charge in [-0.3, -0.25) is 4.79 Å². The van der Waals surface area contributed by atoms with Crippen molar-refractivity contribution in [2.45, 2.75) is 26.2 Å². The summed E-state index contributed by atoms with van der Waals surface area (Å²) in [6.07, 6.45) is 2.46. The Morgan fingerprint density at radius 3 is 2.62 bits per heavy atom. The Balaban J connectivity index is 2.17. The van der Waals surface area contributed by atoms with Crippen molar-refractivity contribution in [3.05, 3.63) is 61.0 Å². The Morgan fingerprint density at radius 1 is 1.21 bits per heavy atom. The Hall–Kier alpha value is -2.19. The molecule has 0 saturated carbocycles. The van der Waals surface area contributed by atoms with Crippen LogP contribution in [0.15, 0.2) is 49.2 Å². The summed E-state index contributed by atoms with van der Waals surface area (Å²) in [5.74, 6) is 1.87. The fourth-order valence-corrected chi connectivity index (χ4v) is 3.90. The molecule has 2 aromatic carbocycles. The van der Waals surface area contributed by atoms with E-state index in [1.807, 2.05) is 25.1 Å². The van der Waals surface area contributed by atoms with Gasteiger partial charge >= 0.3 is 0 Å². The van der Waals surface area contributed by atoms with Crippen LogP contribution in [0.3, 0.4) is 0 Å². The van der Waals surface area contributed by atoms with Gasteiger partial charge in [0.15, 0.2) is 11.5 Å². The first-order valence-corrected chi connectivity index (χ1v) is 10.7. The van der Waals surface area contributed by atoms with E-state index in [2.05, 4.69) is 43.9 Å². The largest absolute Gasteiger partial charge is 0.493 e. The van der Waals surface area contributed by atoms with E-state index < -0.39 is 0 Å². The number of fused-ring (bicyclic) bond motifs is 1. The van der Waals surface area contributed by atoms with Crippen molar-refractivity contribution >= 4 is 49.0 Å². The van der Waals surface area contributed by atoms with E-state index in [1.165, 1.54) is 4.68 Å². The lowest BCUT2D eigenvalue weighted by Gasteiger charge is -2.14. The van der Waals surface area contributed by atoms with E-state index >= 15 is 0 Å². The fourth-order valence-electron chi connectivity index (χ4n) is 2.92. The number of hydrogen-bond donors (Lipinski definition) is 0. The second-order valence-corrected chi connectivity index (χ2v) is 8.31. The lowest BCUT2D eigenvalue weighted by Crippen LogP contribution is -2.23. The van der Waals surface area contributed by atoms with Crippen molar-refractivity contribution in [3.8, 4) is 11.5 Å². The zero-order valence-electron chi connectivity index (χ0n) is 16.6. The van der Waals surface area contributed by atoms with Gasteiger partial charge in [0.1, 0.15) is 5.82 Å². The minimum absolute atomic E-state index is 0.0741. The van der Waals surface area contributed by atoms with Crippen LogP contribution < -0.4 is 15.0 Å². The Morgan fingerprint density at radius 2 is 1.97 bits per heavy atom. The van der Waals surface area contributed by atoms with Crippen LogP contribution in [-0.4, -0.2) is 30.1 Å². The Kier molecular flexibility index (Phi) is 6.74. The molecule has 152 valence electrons. The minimum atomic E-state index is -0.206. The highest BCUT2D eigenvalue weighted by atomic mass is 79.9. The molecule has 0 amide bonds. The van der Waals surface area contributed by atoms with E-state index in [4.69, 9.17) is 14.5 Å². The molecule has 0 N–H and O–H groups in total. The molecule has 8 heteroatoms. The van der Waals surface area contributed by atoms with Crippen LogP contribution in [0.1, 0.15) is 37.6 Å². The van der Waals surface area contributed by atoms with Gasteiger partial charge in [-0.25, -0.2) is 4.98 Å². The molecule has 0 saturated heterocycles. The Labute approximate surface area is 185 Å². The van der Waals surface area contributed by atoms with Crippen molar-refractivity contribution < 1.29 is 9.47 Å². The number of ether oxygens (including phenoxy) is 2. The summed E-state index contributed by atoms with van der Waals surface area (Å²) in [5, 5.41) is 4.99. The Bertz CT molecular complexity index is 1140. The van der Waals surface area contributed by atoms with Crippen LogP contribution in [0, 0.1) is 0 Å². The number of methoxy groups -OCH3 is 2. The molecule has 0 fully saturated rings. The lowest BCUT2D eigenvalue weighted by molar-refractivity contribution is 0.353. The van der Waals surface area contributed by atoms with Crippen LogP contribution in [-0.2, 0) is 0 Å². The van der Waals surface area contributed by atoms with Crippen molar-refractivity contribution in [1.82, 2.24) is 9.66 Å². The van der Waals surface area contributed by atoms with E-state index in [0.717, 1.165) is 20.9 Å². The summed E-state index contributed by atoms with van der Waals surface area (Å²) < 4.78 is 13.7. The first-order valence-electron chi connectivity index (χ1n) is 9.07. The lowest BCUT2D eigenvalue weighted by atomic mass is 10.1. The number of hydrogen-bond acceptors (Lipinski definition) is 5. The van der Waals surface area contributed by atoms with Gasteiger partial charge in [-0.05, 0) is 58.2 Å². The van der Waals surface area contributed by atoms with Gasteiger partial charge in [0.2, 0.25) is 0 Å². The molecule has 1 heterocycles. The van der Waals surface area contributed by atoms with E-state index in [1.54, 1.807) is 32.6 Å². The van der Waals surface area contributed by atoms with Gasteiger partial charge in [-0.1, -0.05) is 29.8 Å². The first-order chi connectivity index (χ1) is 13.9. The second kappa shape index (κ2) is 9.09. The van der Waals surface area contributed by atoms with Crippen LogP contribution in [0.25, 0.3) is 10.9 Å². The third-order valence-electron chi connectivity index (χ3n) is 4.66. The maximum absolute atomic E-state index is 13.2. The molecule has 0 aliphatic rings. The molecule has 0 aliphatic heterocycles. The quantitative estimate of drug-likeness (QED) is 0.410. The molecule has 0 aliphatic carbocycles. The molecular formula is C21H21Br2N3O3. The van der Waals surface area contributed by atoms with Crippen LogP contribution >= 0.6 is 31.9 Å². The molecule has 0 radical (unpaired) electrons. The van der Waals surface area contributed by atoms with Crippen molar-refractivity contribution in [2.75, 3.05) is 14.2 Å². The summed E-state index contributed by atoms with van der Waals surface area (Å²) >= 11 is 6.90. The predicted octanol–water partition coefficient (Wildman–Crippen LogP) is 5.33. The summed E-state index contributed by atoms with van der Waals surface area (Å²) in [6.45, 7) is 4.09. The highest BCUT2D eigenvalue weighted by Crippen LogP contribution is 2.35. The highest BCUT2D eigenvalue weighted by Gasteiger charge is 2.16. The normalized spacial score (nSPS) is 12.5. The van der Waals surface area contributed by atoms with E-state index in [0.29, 0.717) is 28.2 Å². The van der Waals surface area contributed by atoms with Gasteiger partial charge in [-0.2, -0.15) is 9.78 Å². The summed E-state index contributed by atoms with van der Waals surface area (Å²) in [6, 6.07) is 9.14. The average molecular weight is 523 g/mol.